The van der Waals surface area contributed by atoms with Crippen LogP contribution < -0.4 is 15.8 Å². The van der Waals surface area contributed by atoms with Crippen LogP contribution in [0.5, 0.6) is 5.75 Å². The van der Waals surface area contributed by atoms with Crippen molar-refractivity contribution < 1.29 is 4.74 Å². The van der Waals surface area contributed by atoms with Crippen LogP contribution in [0.2, 0.25) is 0 Å². The van der Waals surface area contributed by atoms with Crippen molar-refractivity contribution in [3.05, 3.63) is 24.3 Å². The summed E-state index contributed by atoms with van der Waals surface area (Å²) in [5.74, 6) is 1.33. The van der Waals surface area contributed by atoms with E-state index in [1.165, 1.54) is 32.2 Å². The number of anilines is 1. The third-order valence-corrected chi connectivity index (χ3v) is 3.54. The molecule has 0 aliphatic carbocycles. The number of nitrogens with two attached hydrogens (primary N) is 1. The number of aliphatic imine (C=N–C) groups is 1. The van der Waals surface area contributed by atoms with Crippen LogP contribution in [0, 0.1) is 0 Å². The zero-order valence-corrected chi connectivity index (χ0v) is 15.7. The van der Waals surface area contributed by atoms with Gasteiger partial charge >= 0.3 is 0 Å². The third kappa shape index (κ3) is 10.1. The van der Waals surface area contributed by atoms with E-state index in [2.05, 4.69) is 29.3 Å². The summed E-state index contributed by atoms with van der Waals surface area (Å²) < 4.78 is 5.61. The highest BCUT2D eigenvalue weighted by Crippen LogP contribution is 2.16. The second-order valence-corrected chi connectivity index (χ2v) is 6.65. The lowest BCUT2D eigenvalue weighted by molar-refractivity contribution is 0.242. The Bertz CT molecular complexity index is 469. The monoisotopic (exact) mass is 334 g/mol. The predicted octanol–water partition coefficient (Wildman–Crippen LogP) is 3.71. The van der Waals surface area contributed by atoms with Crippen molar-refractivity contribution in [1.82, 2.24) is 4.90 Å². The standard InChI is InChI=1S/C19H34N4O/c1-16(2)24-18-12-10-17(11-13-18)22-19(20)21-14-8-6-5-7-9-15-23(3)4/h10-13,16H,5-9,14-15H2,1-4H3,(H3,20,21,22). The average molecular weight is 335 g/mol. The van der Waals surface area contributed by atoms with Gasteiger partial charge in [-0.15, -0.1) is 0 Å². The molecule has 1 aromatic carbocycles. The normalized spacial score (nSPS) is 12.0. The van der Waals surface area contributed by atoms with Gasteiger partial charge in [-0.1, -0.05) is 19.3 Å². The number of nitrogens with one attached hydrogen (secondary N) is 1. The van der Waals surface area contributed by atoms with Gasteiger partial charge in [-0.2, -0.15) is 0 Å². The molecular weight excluding hydrogens is 300 g/mol. The molecule has 136 valence electrons. The van der Waals surface area contributed by atoms with E-state index < -0.39 is 0 Å². The first-order chi connectivity index (χ1) is 11.5. The predicted molar refractivity (Wildman–Crippen MR) is 104 cm³/mol. The highest BCUT2D eigenvalue weighted by Gasteiger charge is 1.99. The van der Waals surface area contributed by atoms with Crippen LogP contribution >= 0.6 is 0 Å². The summed E-state index contributed by atoms with van der Waals surface area (Å²) in [4.78, 5) is 6.61. The van der Waals surface area contributed by atoms with E-state index in [0.29, 0.717) is 5.96 Å². The van der Waals surface area contributed by atoms with Crippen LogP contribution in [0.15, 0.2) is 29.3 Å². The van der Waals surface area contributed by atoms with Crippen molar-refractivity contribution in [2.24, 2.45) is 10.7 Å². The molecule has 1 aromatic rings. The number of hydrogen-bond acceptors (Lipinski definition) is 3. The average Bonchev–Trinajstić information content (AvgIpc) is 2.51. The Morgan fingerprint density at radius 2 is 1.71 bits per heavy atom. The molecule has 0 aliphatic heterocycles. The van der Waals surface area contributed by atoms with Crippen molar-refractivity contribution in [2.45, 2.75) is 52.1 Å². The lowest BCUT2D eigenvalue weighted by Crippen LogP contribution is -2.22. The number of nitrogens with zero attached hydrogens (tertiary/aromatic N) is 2. The van der Waals surface area contributed by atoms with E-state index >= 15 is 0 Å². The Morgan fingerprint density at radius 1 is 1.08 bits per heavy atom. The summed E-state index contributed by atoms with van der Waals surface area (Å²) in [6, 6.07) is 7.77. The minimum Gasteiger partial charge on any atom is -0.491 e. The van der Waals surface area contributed by atoms with Crippen LogP contribution in [-0.4, -0.2) is 44.1 Å². The molecule has 0 spiro atoms. The largest absolute Gasteiger partial charge is 0.491 e. The Balaban J connectivity index is 2.17. The highest BCUT2D eigenvalue weighted by molar-refractivity contribution is 5.92. The van der Waals surface area contributed by atoms with Gasteiger partial charge in [-0.25, -0.2) is 0 Å². The Morgan fingerprint density at radius 3 is 2.33 bits per heavy atom. The molecule has 0 heterocycles. The van der Waals surface area contributed by atoms with Crippen LogP contribution in [-0.2, 0) is 0 Å². The van der Waals surface area contributed by atoms with E-state index in [9.17, 15) is 0 Å². The topological polar surface area (TPSA) is 62.9 Å². The van der Waals surface area contributed by atoms with Gasteiger partial charge < -0.3 is 20.7 Å². The molecule has 5 nitrogen and oxygen atoms in total. The molecule has 3 N–H and O–H groups in total. The smallest absolute Gasteiger partial charge is 0.193 e. The summed E-state index contributed by atoms with van der Waals surface area (Å²) in [6.45, 7) is 5.98. The van der Waals surface area contributed by atoms with E-state index in [4.69, 9.17) is 10.5 Å². The van der Waals surface area contributed by atoms with Gasteiger partial charge in [0, 0.05) is 12.2 Å². The minimum absolute atomic E-state index is 0.179. The quantitative estimate of drug-likeness (QED) is 0.368. The maximum Gasteiger partial charge on any atom is 0.193 e. The van der Waals surface area contributed by atoms with E-state index in [0.717, 1.165) is 24.4 Å². The fraction of sp³-hybridized carbons (Fsp3) is 0.632. The molecule has 24 heavy (non-hydrogen) atoms. The maximum absolute atomic E-state index is 5.92. The first kappa shape index (κ1) is 20.3. The second kappa shape index (κ2) is 11.7. The Hall–Kier alpha value is -1.75. The van der Waals surface area contributed by atoms with Crippen molar-refractivity contribution in [3.8, 4) is 5.75 Å². The molecule has 0 radical (unpaired) electrons. The fourth-order valence-electron chi connectivity index (χ4n) is 2.35. The number of rotatable bonds is 11. The number of guanidine groups is 1. The molecule has 0 saturated carbocycles. The fourth-order valence-corrected chi connectivity index (χ4v) is 2.35. The summed E-state index contributed by atoms with van der Waals surface area (Å²) in [5, 5.41) is 3.11. The molecule has 0 fully saturated rings. The lowest BCUT2D eigenvalue weighted by atomic mass is 10.1. The molecule has 1 rings (SSSR count). The summed E-state index contributed by atoms with van der Waals surface area (Å²) in [6.07, 6.45) is 6.32. The van der Waals surface area contributed by atoms with Gasteiger partial charge in [0.05, 0.1) is 6.10 Å². The zero-order valence-electron chi connectivity index (χ0n) is 15.7. The summed E-state index contributed by atoms with van der Waals surface area (Å²) in [7, 11) is 4.24. The van der Waals surface area contributed by atoms with Crippen LogP contribution in [0.4, 0.5) is 5.69 Å². The number of benzene rings is 1. The number of unbranched alkanes of at least 4 members (excludes halogenated alkanes) is 4. The molecular formula is C19H34N4O. The van der Waals surface area contributed by atoms with Crippen LogP contribution in [0.3, 0.4) is 0 Å². The minimum atomic E-state index is 0.179. The van der Waals surface area contributed by atoms with Gasteiger partial charge in [-0.3, -0.25) is 4.99 Å². The molecule has 0 unspecified atom stereocenters. The first-order valence-electron chi connectivity index (χ1n) is 8.96. The van der Waals surface area contributed by atoms with Crippen LogP contribution in [0.1, 0.15) is 46.0 Å². The highest BCUT2D eigenvalue weighted by atomic mass is 16.5. The van der Waals surface area contributed by atoms with E-state index in [-0.39, 0.29) is 6.10 Å². The molecule has 0 aliphatic rings. The molecule has 0 bridgehead atoms. The Labute approximate surface area is 147 Å². The SMILES string of the molecule is CC(C)Oc1ccc(NC(N)=NCCCCCCCN(C)C)cc1. The number of ether oxygens (including phenoxy) is 1. The molecule has 0 atom stereocenters. The van der Waals surface area contributed by atoms with Gasteiger partial charge in [0.15, 0.2) is 5.96 Å². The van der Waals surface area contributed by atoms with Crippen molar-refractivity contribution >= 4 is 11.6 Å². The van der Waals surface area contributed by atoms with Crippen molar-refractivity contribution in [2.75, 3.05) is 32.5 Å². The summed E-state index contributed by atoms with van der Waals surface area (Å²) in [5.41, 5.74) is 6.85. The van der Waals surface area contributed by atoms with Crippen LogP contribution in [0.25, 0.3) is 0 Å². The molecule has 5 heteroatoms. The summed E-state index contributed by atoms with van der Waals surface area (Å²) >= 11 is 0. The lowest BCUT2D eigenvalue weighted by Gasteiger charge is -2.11. The van der Waals surface area contributed by atoms with Gasteiger partial charge in [-0.05, 0) is 71.6 Å². The second-order valence-electron chi connectivity index (χ2n) is 6.65. The zero-order chi connectivity index (χ0) is 17.8. The van der Waals surface area contributed by atoms with E-state index in [1.807, 2.05) is 38.1 Å². The van der Waals surface area contributed by atoms with Crippen molar-refractivity contribution in [1.29, 1.82) is 0 Å². The molecule has 0 aromatic heterocycles. The molecule has 0 saturated heterocycles. The maximum atomic E-state index is 5.92. The molecule has 0 amide bonds. The van der Waals surface area contributed by atoms with Gasteiger partial charge in [0.1, 0.15) is 5.75 Å². The first-order valence-corrected chi connectivity index (χ1v) is 8.96. The third-order valence-electron chi connectivity index (χ3n) is 3.54. The number of hydrogen-bond donors (Lipinski definition) is 2. The van der Waals surface area contributed by atoms with E-state index in [1.54, 1.807) is 0 Å². The van der Waals surface area contributed by atoms with Gasteiger partial charge in [0.2, 0.25) is 0 Å². The van der Waals surface area contributed by atoms with Gasteiger partial charge in [0.25, 0.3) is 0 Å². The Kier molecular flexibility index (Phi) is 9.92. The van der Waals surface area contributed by atoms with Crippen molar-refractivity contribution in [3.63, 3.8) is 0 Å².